The fourth-order valence-corrected chi connectivity index (χ4v) is 5.30. The minimum atomic E-state index is 0.113. The van der Waals surface area contributed by atoms with Gasteiger partial charge in [0.05, 0.1) is 38.0 Å². The third-order valence-corrected chi connectivity index (χ3v) is 7.04. The lowest BCUT2D eigenvalue weighted by Gasteiger charge is -2.46. The van der Waals surface area contributed by atoms with Crippen molar-refractivity contribution < 1.29 is 14.3 Å². The lowest BCUT2D eigenvalue weighted by molar-refractivity contribution is -0.136. The van der Waals surface area contributed by atoms with E-state index < -0.39 is 0 Å². The Morgan fingerprint density at radius 1 is 1.03 bits per heavy atom. The summed E-state index contributed by atoms with van der Waals surface area (Å²) in [5, 5.41) is 0. The van der Waals surface area contributed by atoms with Crippen LogP contribution in [0.5, 0.6) is 11.5 Å². The van der Waals surface area contributed by atoms with Crippen LogP contribution in [0.25, 0.3) is 11.8 Å². The predicted molar refractivity (Wildman–Crippen MR) is 132 cm³/mol. The Labute approximate surface area is 200 Å². The van der Waals surface area contributed by atoms with E-state index in [0.29, 0.717) is 6.04 Å². The smallest absolute Gasteiger partial charge is 0.250 e. The number of amides is 1. The number of aryl methyl sites for hydroxylation is 1. The first kappa shape index (κ1) is 22.3. The quantitative estimate of drug-likeness (QED) is 0.475. The molecule has 1 amide bonds. The Morgan fingerprint density at radius 2 is 1.85 bits per heavy atom. The van der Waals surface area contributed by atoms with Crippen LogP contribution in [-0.4, -0.2) is 40.6 Å². The van der Waals surface area contributed by atoms with Crippen LogP contribution in [0.2, 0.25) is 0 Å². The van der Waals surface area contributed by atoms with Crippen LogP contribution in [0.3, 0.4) is 0 Å². The molecule has 3 heterocycles. The van der Waals surface area contributed by atoms with E-state index in [0.717, 1.165) is 66.1 Å². The fourth-order valence-electron chi connectivity index (χ4n) is 5.30. The number of ether oxygens (including phenoxy) is 2. The first-order valence-corrected chi connectivity index (χ1v) is 11.9. The van der Waals surface area contributed by atoms with Gasteiger partial charge in [0.25, 0.3) is 5.91 Å². The molecule has 2 fully saturated rings. The highest BCUT2D eigenvalue weighted by Gasteiger charge is 2.39. The van der Waals surface area contributed by atoms with Gasteiger partial charge in [-0.25, -0.2) is 4.98 Å². The van der Waals surface area contributed by atoms with Crippen molar-refractivity contribution in [2.75, 3.05) is 14.2 Å². The molecular formula is C28H31N3O3. The highest BCUT2D eigenvalue weighted by atomic mass is 16.5. The van der Waals surface area contributed by atoms with E-state index in [1.807, 2.05) is 54.1 Å². The molecule has 176 valence electrons. The van der Waals surface area contributed by atoms with Crippen LogP contribution in [-0.2, 0) is 4.79 Å². The molecule has 0 bridgehead atoms. The van der Waals surface area contributed by atoms with Gasteiger partial charge >= 0.3 is 0 Å². The number of fused-ring (bicyclic) bond motifs is 1. The molecule has 2 atom stereocenters. The number of hydrogen-bond acceptors (Lipinski definition) is 4. The maximum Gasteiger partial charge on any atom is 0.250 e. The number of imidazole rings is 1. The summed E-state index contributed by atoms with van der Waals surface area (Å²) in [4.78, 5) is 20.2. The Bertz CT molecular complexity index is 1210. The molecule has 6 nitrogen and oxygen atoms in total. The van der Waals surface area contributed by atoms with Gasteiger partial charge in [-0.1, -0.05) is 18.2 Å². The van der Waals surface area contributed by atoms with Crippen molar-refractivity contribution in [2.24, 2.45) is 0 Å². The van der Waals surface area contributed by atoms with Crippen molar-refractivity contribution >= 4 is 12.0 Å². The van der Waals surface area contributed by atoms with E-state index in [4.69, 9.17) is 9.47 Å². The standard InChI is InChI=1S/C28H31N3O3/c1-19-17-30(18-29-19)26-14-7-20(16-27(26)34-3)15-22-8-11-23-5-4-6-25(31(23)28(22)32)21-9-12-24(33-2)13-10-21/h7,9-10,12-18,23,25H,4-6,8,11H2,1-3H3/b22-15+/t23-,25?/m0/s1. The van der Waals surface area contributed by atoms with Crippen LogP contribution >= 0.6 is 0 Å². The van der Waals surface area contributed by atoms with Gasteiger partial charge in [-0.15, -0.1) is 0 Å². The summed E-state index contributed by atoms with van der Waals surface area (Å²) < 4.78 is 12.9. The topological polar surface area (TPSA) is 56.6 Å². The van der Waals surface area contributed by atoms with E-state index in [-0.39, 0.29) is 11.9 Å². The van der Waals surface area contributed by atoms with E-state index in [2.05, 4.69) is 22.0 Å². The van der Waals surface area contributed by atoms with Gasteiger partial charge in [-0.3, -0.25) is 4.79 Å². The van der Waals surface area contributed by atoms with Gasteiger partial charge in [0.15, 0.2) is 0 Å². The highest BCUT2D eigenvalue weighted by Crippen LogP contribution is 2.41. The number of nitrogens with zero attached hydrogens (tertiary/aromatic N) is 3. The Balaban J connectivity index is 1.43. The molecule has 2 saturated heterocycles. The zero-order valence-corrected chi connectivity index (χ0v) is 20.0. The molecule has 2 aliphatic rings. The second kappa shape index (κ2) is 9.37. The first-order valence-electron chi connectivity index (χ1n) is 11.9. The fraction of sp³-hybridized carbons (Fsp3) is 0.357. The van der Waals surface area contributed by atoms with Gasteiger partial charge in [0.1, 0.15) is 11.5 Å². The van der Waals surface area contributed by atoms with Gasteiger partial charge < -0.3 is 18.9 Å². The lowest BCUT2D eigenvalue weighted by Crippen LogP contribution is -2.49. The molecule has 0 spiro atoms. The zero-order valence-electron chi connectivity index (χ0n) is 20.0. The molecule has 0 N–H and O–H groups in total. The predicted octanol–water partition coefficient (Wildman–Crippen LogP) is 5.50. The summed E-state index contributed by atoms with van der Waals surface area (Å²) in [5.74, 6) is 1.75. The molecule has 2 aromatic carbocycles. The summed E-state index contributed by atoms with van der Waals surface area (Å²) in [5.41, 5.74) is 4.89. The van der Waals surface area contributed by atoms with E-state index in [9.17, 15) is 4.79 Å². The van der Waals surface area contributed by atoms with Crippen LogP contribution in [0.15, 0.2) is 60.6 Å². The Kier molecular flexibility index (Phi) is 6.14. The maximum atomic E-state index is 13.7. The molecule has 3 aromatic rings. The second-order valence-corrected chi connectivity index (χ2v) is 9.15. The molecule has 0 saturated carbocycles. The summed E-state index contributed by atoms with van der Waals surface area (Å²) >= 11 is 0. The number of carbonyl (C=O) groups is 1. The van der Waals surface area contributed by atoms with Gasteiger partial charge in [-0.2, -0.15) is 0 Å². The number of benzene rings is 2. The minimum Gasteiger partial charge on any atom is -0.497 e. The van der Waals surface area contributed by atoms with Gasteiger partial charge in [0, 0.05) is 17.8 Å². The average Bonchev–Trinajstić information content (AvgIpc) is 3.31. The molecule has 5 rings (SSSR count). The van der Waals surface area contributed by atoms with Gasteiger partial charge in [0.2, 0.25) is 0 Å². The highest BCUT2D eigenvalue weighted by molar-refractivity contribution is 5.99. The number of piperidine rings is 2. The van der Waals surface area contributed by atoms with E-state index >= 15 is 0 Å². The van der Waals surface area contributed by atoms with Crippen molar-refractivity contribution in [3.63, 3.8) is 0 Å². The molecule has 0 aliphatic carbocycles. The summed E-state index contributed by atoms with van der Waals surface area (Å²) in [6.45, 7) is 1.96. The normalized spacial score (nSPS) is 21.4. The second-order valence-electron chi connectivity index (χ2n) is 9.15. The number of hydrogen-bond donors (Lipinski definition) is 0. The summed E-state index contributed by atoms with van der Waals surface area (Å²) in [6.07, 6.45) is 10.8. The SMILES string of the molecule is COc1ccc(C2CCC[C@H]3CC/C(=C\c4ccc(-n5cnc(C)c5)c(OC)c4)C(=O)N23)cc1. The van der Waals surface area contributed by atoms with Crippen LogP contribution in [0.1, 0.15) is 55.0 Å². The summed E-state index contributed by atoms with van der Waals surface area (Å²) in [6, 6.07) is 14.6. The lowest BCUT2D eigenvalue weighted by atomic mass is 9.84. The molecular weight excluding hydrogens is 426 g/mol. The van der Waals surface area contributed by atoms with E-state index in [1.54, 1.807) is 20.5 Å². The van der Waals surface area contributed by atoms with Crippen molar-refractivity contribution in [1.29, 1.82) is 0 Å². The third-order valence-electron chi connectivity index (χ3n) is 7.04. The third kappa shape index (κ3) is 4.20. The van der Waals surface area contributed by atoms with Crippen LogP contribution in [0, 0.1) is 6.92 Å². The number of methoxy groups -OCH3 is 2. The zero-order chi connectivity index (χ0) is 23.7. The summed E-state index contributed by atoms with van der Waals surface area (Å²) in [7, 11) is 3.35. The number of aromatic nitrogens is 2. The van der Waals surface area contributed by atoms with Crippen molar-refractivity contribution in [2.45, 2.75) is 51.1 Å². The van der Waals surface area contributed by atoms with Crippen molar-refractivity contribution in [3.05, 3.63) is 77.4 Å². The molecule has 1 aromatic heterocycles. The largest absolute Gasteiger partial charge is 0.497 e. The number of carbonyl (C=O) groups excluding carboxylic acids is 1. The van der Waals surface area contributed by atoms with Crippen LogP contribution < -0.4 is 9.47 Å². The van der Waals surface area contributed by atoms with Crippen molar-refractivity contribution in [1.82, 2.24) is 14.5 Å². The molecule has 0 radical (unpaired) electrons. The average molecular weight is 458 g/mol. The monoisotopic (exact) mass is 457 g/mol. The molecule has 6 heteroatoms. The number of rotatable bonds is 5. The van der Waals surface area contributed by atoms with Crippen molar-refractivity contribution in [3.8, 4) is 17.2 Å². The van der Waals surface area contributed by atoms with Crippen LogP contribution in [0.4, 0.5) is 0 Å². The Morgan fingerprint density at radius 3 is 2.56 bits per heavy atom. The molecule has 2 aliphatic heterocycles. The minimum absolute atomic E-state index is 0.113. The Hall–Kier alpha value is -3.54. The molecule has 1 unspecified atom stereocenters. The molecule has 34 heavy (non-hydrogen) atoms. The van der Waals surface area contributed by atoms with Gasteiger partial charge in [-0.05, 0) is 80.5 Å². The maximum absolute atomic E-state index is 13.7. The van der Waals surface area contributed by atoms with E-state index in [1.165, 1.54) is 5.56 Å². The first-order chi connectivity index (χ1) is 16.6.